The number of nitrogens with zero attached hydrogens (tertiary/aromatic N) is 1. The van der Waals surface area contributed by atoms with Crippen LogP contribution in [0.3, 0.4) is 0 Å². The number of nitrogens with one attached hydrogen (secondary N) is 1. The average Bonchev–Trinajstić information content (AvgIpc) is 2.57. The number of carboxylic acids is 1. The number of amides is 1. The molecule has 1 aromatic carbocycles. The smallest absolute Gasteiger partial charge is 0.326 e. The fourth-order valence-corrected chi connectivity index (χ4v) is 3.39. The van der Waals surface area contributed by atoms with E-state index >= 15 is 0 Å². The molecule has 0 saturated heterocycles. The number of benzene rings is 1. The molecule has 0 aliphatic rings. The van der Waals surface area contributed by atoms with E-state index in [2.05, 4.69) is 5.32 Å². The first-order valence-corrected chi connectivity index (χ1v) is 9.28. The van der Waals surface area contributed by atoms with E-state index in [1.54, 1.807) is 32.9 Å². The monoisotopic (exact) mass is 368 g/mol. The van der Waals surface area contributed by atoms with Crippen molar-refractivity contribution >= 4 is 21.9 Å². The lowest BCUT2D eigenvalue weighted by molar-refractivity contribution is -0.139. The van der Waals surface area contributed by atoms with E-state index in [1.807, 2.05) is 0 Å². The molecule has 2 N–H and O–H groups in total. The Morgan fingerprint density at radius 2 is 1.96 bits per heavy atom. The van der Waals surface area contributed by atoms with Crippen molar-refractivity contribution in [3.8, 4) is 0 Å². The van der Waals surface area contributed by atoms with Gasteiger partial charge in [0.05, 0.1) is 4.90 Å². The zero-order valence-electron chi connectivity index (χ0n) is 14.8. The van der Waals surface area contributed by atoms with Gasteiger partial charge in [-0.1, -0.05) is 18.2 Å². The molecule has 7 nitrogen and oxygen atoms in total. The van der Waals surface area contributed by atoms with Crippen LogP contribution in [-0.4, -0.2) is 48.8 Å². The van der Waals surface area contributed by atoms with Crippen molar-refractivity contribution in [1.82, 2.24) is 9.62 Å². The molecule has 0 aliphatic heterocycles. The van der Waals surface area contributed by atoms with Crippen LogP contribution in [0, 0.1) is 0 Å². The third kappa shape index (κ3) is 5.40. The van der Waals surface area contributed by atoms with Gasteiger partial charge in [0.2, 0.25) is 10.0 Å². The van der Waals surface area contributed by atoms with Crippen LogP contribution in [0.1, 0.15) is 37.6 Å². The molecular formula is C17H24N2O5S. The highest BCUT2D eigenvalue weighted by molar-refractivity contribution is 7.89. The van der Waals surface area contributed by atoms with E-state index < -0.39 is 27.9 Å². The van der Waals surface area contributed by atoms with Crippen molar-refractivity contribution in [2.45, 2.75) is 44.2 Å². The summed E-state index contributed by atoms with van der Waals surface area (Å²) >= 11 is 0. The Kier molecular flexibility index (Phi) is 7.32. The SMILES string of the molecule is C/C=C/CC(NC(=O)c1cccc(S(=O)(=O)N(C)C(C)C)c1)C(=O)O. The van der Waals surface area contributed by atoms with Gasteiger partial charge in [-0.15, -0.1) is 0 Å². The second-order valence-electron chi connectivity index (χ2n) is 5.81. The molecule has 0 spiro atoms. The summed E-state index contributed by atoms with van der Waals surface area (Å²) in [4.78, 5) is 23.5. The Bertz CT molecular complexity index is 756. The predicted octanol–water partition coefficient (Wildman–Crippen LogP) is 1.86. The molecule has 1 unspecified atom stereocenters. The normalized spacial score (nSPS) is 13.4. The highest BCUT2D eigenvalue weighted by Gasteiger charge is 2.25. The molecule has 0 radical (unpaired) electrons. The fraction of sp³-hybridized carbons (Fsp3) is 0.412. The minimum absolute atomic E-state index is 0.0170. The van der Waals surface area contributed by atoms with Crippen LogP contribution in [0.4, 0.5) is 0 Å². The predicted molar refractivity (Wildman–Crippen MR) is 94.8 cm³/mol. The van der Waals surface area contributed by atoms with Gasteiger partial charge >= 0.3 is 5.97 Å². The number of carbonyl (C=O) groups is 2. The molecule has 0 heterocycles. The van der Waals surface area contributed by atoms with Gasteiger partial charge in [-0.2, -0.15) is 4.31 Å². The van der Waals surface area contributed by atoms with Crippen LogP contribution in [0.2, 0.25) is 0 Å². The topological polar surface area (TPSA) is 104 Å². The first-order valence-electron chi connectivity index (χ1n) is 7.84. The van der Waals surface area contributed by atoms with Crippen molar-refractivity contribution in [2.75, 3.05) is 7.05 Å². The average molecular weight is 368 g/mol. The first kappa shape index (κ1) is 20.9. The van der Waals surface area contributed by atoms with E-state index in [4.69, 9.17) is 5.11 Å². The standard InChI is InChI=1S/C17H24N2O5S/c1-5-6-10-15(17(21)22)18-16(20)13-8-7-9-14(11-13)25(23,24)19(4)12(2)3/h5-9,11-12,15H,10H2,1-4H3,(H,18,20)(H,21,22)/b6-5+. The Balaban J connectivity index is 3.08. The van der Waals surface area contributed by atoms with E-state index in [-0.39, 0.29) is 22.9 Å². The van der Waals surface area contributed by atoms with Crippen molar-refractivity contribution in [3.05, 3.63) is 42.0 Å². The number of carbonyl (C=O) groups excluding carboxylic acids is 1. The molecule has 8 heteroatoms. The van der Waals surface area contributed by atoms with E-state index in [0.717, 1.165) is 0 Å². The molecule has 0 aromatic heterocycles. The van der Waals surface area contributed by atoms with Gasteiger partial charge in [-0.05, 0) is 45.4 Å². The summed E-state index contributed by atoms with van der Waals surface area (Å²) in [6, 6.07) is 4.23. The summed E-state index contributed by atoms with van der Waals surface area (Å²) in [6.45, 7) is 5.24. The largest absolute Gasteiger partial charge is 0.480 e. The minimum Gasteiger partial charge on any atom is -0.480 e. The van der Waals surface area contributed by atoms with Gasteiger partial charge in [-0.25, -0.2) is 13.2 Å². The van der Waals surface area contributed by atoms with E-state index in [0.29, 0.717) is 0 Å². The van der Waals surface area contributed by atoms with Crippen molar-refractivity contribution in [3.63, 3.8) is 0 Å². The zero-order valence-corrected chi connectivity index (χ0v) is 15.6. The number of hydrogen-bond acceptors (Lipinski definition) is 4. The Labute approximate surface area is 148 Å². The molecule has 0 aliphatic carbocycles. The number of allylic oxidation sites excluding steroid dienone is 1. The van der Waals surface area contributed by atoms with Gasteiger partial charge in [0.1, 0.15) is 6.04 Å². The maximum absolute atomic E-state index is 12.5. The Morgan fingerprint density at radius 1 is 1.32 bits per heavy atom. The highest BCUT2D eigenvalue weighted by atomic mass is 32.2. The van der Waals surface area contributed by atoms with Gasteiger partial charge < -0.3 is 10.4 Å². The Hall–Kier alpha value is -2.19. The lowest BCUT2D eigenvalue weighted by Gasteiger charge is -2.21. The van der Waals surface area contributed by atoms with Crippen molar-refractivity contribution in [1.29, 1.82) is 0 Å². The molecule has 1 atom stereocenters. The van der Waals surface area contributed by atoms with Gasteiger partial charge in [0, 0.05) is 18.7 Å². The summed E-state index contributed by atoms with van der Waals surface area (Å²) in [6.07, 6.45) is 3.47. The summed E-state index contributed by atoms with van der Waals surface area (Å²) in [5, 5.41) is 11.6. The summed E-state index contributed by atoms with van der Waals surface area (Å²) in [5.74, 6) is -1.80. The van der Waals surface area contributed by atoms with Crippen LogP contribution in [-0.2, 0) is 14.8 Å². The number of carboxylic acid groups (broad SMARTS) is 1. The maximum atomic E-state index is 12.5. The third-order valence-electron chi connectivity index (χ3n) is 3.71. The second kappa shape index (κ2) is 8.77. The molecular weight excluding hydrogens is 344 g/mol. The van der Waals surface area contributed by atoms with Crippen LogP contribution >= 0.6 is 0 Å². The van der Waals surface area contributed by atoms with Crippen molar-refractivity contribution in [2.24, 2.45) is 0 Å². The lowest BCUT2D eigenvalue weighted by Crippen LogP contribution is -2.40. The van der Waals surface area contributed by atoms with Crippen LogP contribution in [0.15, 0.2) is 41.3 Å². The van der Waals surface area contributed by atoms with Crippen LogP contribution < -0.4 is 5.32 Å². The minimum atomic E-state index is -3.73. The number of rotatable bonds is 8. The molecule has 1 aromatic rings. The highest BCUT2D eigenvalue weighted by Crippen LogP contribution is 2.18. The number of hydrogen-bond donors (Lipinski definition) is 2. The Morgan fingerprint density at radius 3 is 2.48 bits per heavy atom. The van der Waals surface area contributed by atoms with Crippen LogP contribution in [0.25, 0.3) is 0 Å². The molecule has 138 valence electrons. The second-order valence-corrected chi connectivity index (χ2v) is 7.81. The van der Waals surface area contributed by atoms with E-state index in [1.165, 1.54) is 35.6 Å². The summed E-state index contributed by atoms with van der Waals surface area (Å²) in [7, 11) is -2.26. The molecule has 1 rings (SSSR count). The van der Waals surface area contributed by atoms with Crippen molar-refractivity contribution < 1.29 is 23.1 Å². The molecule has 0 bridgehead atoms. The lowest BCUT2D eigenvalue weighted by atomic mass is 10.1. The fourth-order valence-electron chi connectivity index (χ4n) is 1.98. The molecule has 0 fully saturated rings. The number of aliphatic carboxylic acids is 1. The maximum Gasteiger partial charge on any atom is 0.326 e. The van der Waals surface area contributed by atoms with Gasteiger partial charge in [0.15, 0.2) is 0 Å². The van der Waals surface area contributed by atoms with Crippen LogP contribution in [0.5, 0.6) is 0 Å². The summed E-state index contributed by atoms with van der Waals surface area (Å²) < 4.78 is 26.2. The van der Waals surface area contributed by atoms with Gasteiger partial charge in [0.25, 0.3) is 5.91 Å². The third-order valence-corrected chi connectivity index (χ3v) is 5.74. The molecule has 25 heavy (non-hydrogen) atoms. The first-order chi connectivity index (χ1) is 11.6. The van der Waals surface area contributed by atoms with E-state index in [9.17, 15) is 18.0 Å². The quantitative estimate of drug-likeness (QED) is 0.682. The summed E-state index contributed by atoms with van der Waals surface area (Å²) in [5.41, 5.74) is 0.0879. The van der Waals surface area contributed by atoms with Gasteiger partial charge in [-0.3, -0.25) is 4.79 Å². The number of sulfonamides is 1. The zero-order chi connectivity index (χ0) is 19.2. The molecule has 1 amide bonds. The molecule has 0 saturated carbocycles.